The van der Waals surface area contributed by atoms with Crippen molar-refractivity contribution < 1.29 is 14.3 Å². The highest BCUT2D eigenvalue weighted by molar-refractivity contribution is 6.31. The third-order valence-electron chi connectivity index (χ3n) is 4.18. The molecular formula is C18H20Cl2N2O3. The summed E-state index contributed by atoms with van der Waals surface area (Å²) in [6, 6.07) is 10.6. The second-order valence-corrected chi connectivity index (χ2v) is 6.07. The molecule has 1 unspecified atom stereocenters. The van der Waals surface area contributed by atoms with E-state index in [2.05, 4.69) is 0 Å². The highest BCUT2D eigenvalue weighted by atomic mass is 35.5. The van der Waals surface area contributed by atoms with E-state index in [0.29, 0.717) is 29.5 Å². The summed E-state index contributed by atoms with van der Waals surface area (Å²) in [6.45, 7) is 0.356. The van der Waals surface area contributed by atoms with Gasteiger partial charge in [-0.3, -0.25) is 4.79 Å². The summed E-state index contributed by atoms with van der Waals surface area (Å²) < 4.78 is 10.7. The molecular weight excluding hydrogens is 363 g/mol. The maximum Gasteiger partial charge on any atom is 0.244 e. The molecule has 0 bridgehead atoms. The fourth-order valence-corrected chi connectivity index (χ4v) is 3.12. The Morgan fingerprint density at radius 3 is 2.48 bits per heavy atom. The van der Waals surface area contributed by atoms with Crippen molar-refractivity contribution >= 4 is 35.6 Å². The minimum atomic E-state index is -0.585. The number of nitrogens with two attached hydrogens (primary N) is 1. The van der Waals surface area contributed by atoms with Crippen molar-refractivity contribution in [2.45, 2.75) is 19.0 Å². The van der Waals surface area contributed by atoms with Crippen LogP contribution in [0.5, 0.6) is 11.5 Å². The Balaban J connectivity index is 0.00000225. The summed E-state index contributed by atoms with van der Waals surface area (Å²) in [6.07, 6.45) is 0.466. The van der Waals surface area contributed by atoms with Gasteiger partial charge in [-0.2, -0.15) is 0 Å². The Hall–Kier alpha value is -1.95. The van der Waals surface area contributed by atoms with Gasteiger partial charge in [0.1, 0.15) is 0 Å². The van der Waals surface area contributed by atoms with Crippen LogP contribution >= 0.6 is 24.0 Å². The van der Waals surface area contributed by atoms with Crippen molar-refractivity contribution in [2.75, 3.05) is 19.1 Å². The van der Waals surface area contributed by atoms with Crippen LogP contribution in [-0.4, -0.2) is 26.2 Å². The van der Waals surface area contributed by atoms with Crippen LogP contribution in [0.1, 0.15) is 11.1 Å². The molecule has 0 aromatic heterocycles. The monoisotopic (exact) mass is 382 g/mol. The predicted molar refractivity (Wildman–Crippen MR) is 101 cm³/mol. The van der Waals surface area contributed by atoms with Crippen LogP contribution < -0.4 is 20.1 Å². The number of hydrogen-bond donors (Lipinski definition) is 1. The van der Waals surface area contributed by atoms with Gasteiger partial charge in [0.25, 0.3) is 0 Å². The zero-order chi connectivity index (χ0) is 17.3. The number of fused-ring (bicyclic) bond motifs is 1. The molecule has 0 spiro atoms. The minimum absolute atomic E-state index is 0. The summed E-state index contributed by atoms with van der Waals surface area (Å²) in [5, 5.41) is 0.617. The number of amides is 1. The molecule has 1 aliphatic heterocycles. The second kappa shape index (κ2) is 7.95. The van der Waals surface area contributed by atoms with Crippen molar-refractivity contribution in [3.63, 3.8) is 0 Å². The highest BCUT2D eigenvalue weighted by Gasteiger charge is 2.32. The maximum absolute atomic E-state index is 12.6. The third kappa shape index (κ3) is 3.68. The number of carbonyl (C=O) groups excluding carboxylic acids is 1. The van der Waals surface area contributed by atoms with Crippen LogP contribution in [0.3, 0.4) is 0 Å². The van der Waals surface area contributed by atoms with E-state index in [0.717, 1.165) is 16.8 Å². The molecule has 7 heteroatoms. The zero-order valence-electron chi connectivity index (χ0n) is 14.0. The van der Waals surface area contributed by atoms with Crippen molar-refractivity contribution in [1.29, 1.82) is 0 Å². The number of benzene rings is 2. The molecule has 2 aromatic carbocycles. The summed E-state index contributed by atoms with van der Waals surface area (Å²) in [4.78, 5) is 14.3. The van der Waals surface area contributed by atoms with E-state index in [4.69, 9.17) is 26.8 Å². The fraction of sp³-hybridized carbons (Fsp3) is 0.278. The van der Waals surface area contributed by atoms with Gasteiger partial charge in [0.15, 0.2) is 11.5 Å². The van der Waals surface area contributed by atoms with Gasteiger partial charge in [0.2, 0.25) is 5.91 Å². The first-order valence-corrected chi connectivity index (χ1v) is 7.98. The lowest BCUT2D eigenvalue weighted by atomic mass is 9.96. The van der Waals surface area contributed by atoms with Crippen LogP contribution in [-0.2, 0) is 17.8 Å². The lowest BCUT2D eigenvalue weighted by Gasteiger charge is -2.33. The van der Waals surface area contributed by atoms with Crippen LogP contribution in [0.4, 0.5) is 5.69 Å². The quantitative estimate of drug-likeness (QED) is 0.881. The summed E-state index contributed by atoms with van der Waals surface area (Å²) in [5.41, 5.74) is 8.63. The van der Waals surface area contributed by atoms with Gasteiger partial charge in [-0.1, -0.05) is 29.8 Å². The number of nitrogens with zero attached hydrogens (tertiary/aromatic N) is 1. The Bertz CT molecular complexity index is 783. The maximum atomic E-state index is 12.6. The van der Waals surface area contributed by atoms with E-state index in [1.807, 2.05) is 30.3 Å². The highest BCUT2D eigenvalue weighted by Crippen LogP contribution is 2.39. The number of hydrogen-bond acceptors (Lipinski definition) is 4. The molecule has 0 fully saturated rings. The molecule has 0 radical (unpaired) electrons. The van der Waals surface area contributed by atoms with Gasteiger partial charge in [-0.15, -0.1) is 12.4 Å². The van der Waals surface area contributed by atoms with Crippen LogP contribution in [0.2, 0.25) is 5.02 Å². The average Bonchev–Trinajstić information content (AvgIpc) is 2.59. The van der Waals surface area contributed by atoms with Gasteiger partial charge in [-0.25, -0.2) is 0 Å². The SMILES string of the molecule is COc1cc2c(cc1OC)N(Cc1ccccc1Cl)C(=O)C(N)C2.Cl. The van der Waals surface area contributed by atoms with Crippen molar-refractivity contribution in [2.24, 2.45) is 5.73 Å². The van der Waals surface area contributed by atoms with E-state index < -0.39 is 6.04 Å². The van der Waals surface area contributed by atoms with E-state index in [1.165, 1.54) is 0 Å². The lowest BCUT2D eigenvalue weighted by molar-refractivity contribution is -0.120. The van der Waals surface area contributed by atoms with Gasteiger partial charge in [-0.05, 0) is 29.7 Å². The molecule has 5 nitrogen and oxygen atoms in total. The number of halogens is 2. The molecule has 134 valence electrons. The Morgan fingerprint density at radius 1 is 1.20 bits per heavy atom. The minimum Gasteiger partial charge on any atom is -0.493 e. The van der Waals surface area contributed by atoms with Gasteiger partial charge in [0, 0.05) is 11.1 Å². The summed E-state index contributed by atoms with van der Waals surface area (Å²) in [7, 11) is 3.15. The molecule has 0 aliphatic carbocycles. The average molecular weight is 383 g/mol. The molecule has 1 aliphatic rings. The first-order valence-electron chi connectivity index (χ1n) is 7.60. The molecule has 1 heterocycles. The normalized spacial score (nSPS) is 16.1. The van der Waals surface area contributed by atoms with Crippen LogP contribution in [0, 0.1) is 0 Å². The van der Waals surface area contributed by atoms with Crippen molar-refractivity contribution in [3.8, 4) is 11.5 Å². The number of ether oxygens (including phenoxy) is 2. The zero-order valence-corrected chi connectivity index (χ0v) is 15.6. The number of carbonyl (C=O) groups is 1. The molecule has 0 saturated heterocycles. The van der Waals surface area contributed by atoms with E-state index in [9.17, 15) is 4.79 Å². The largest absolute Gasteiger partial charge is 0.493 e. The Labute approximate surface area is 158 Å². The smallest absolute Gasteiger partial charge is 0.244 e. The molecule has 1 amide bonds. The topological polar surface area (TPSA) is 64.8 Å². The predicted octanol–water partition coefficient (Wildman–Crippen LogP) is 3.20. The fourth-order valence-electron chi connectivity index (χ4n) is 2.93. The van der Waals surface area contributed by atoms with Gasteiger partial charge >= 0.3 is 0 Å². The Kier molecular flexibility index (Phi) is 6.16. The second-order valence-electron chi connectivity index (χ2n) is 5.66. The van der Waals surface area contributed by atoms with Crippen molar-refractivity contribution in [3.05, 3.63) is 52.5 Å². The molecule has 3 rings (SSSR count). The summed E-state index contributed by atoms with van der Waals surface area (Å²) >= 11 is 6.25. The molecule has 1 atom stereocenters. The molecule has 2 aromatic rings. The van der Waals surface area contributed by atoms with E-state index in [-0.39, 0.29) is 18.3 Å². The standard InChI is InChI=1S/C18H19ClN2O3.ClH/c1-23-16-8-12-7-14(20)18(22)21(15(12)9-17(16)24-2)10-11-5-3-4-6-13(11)19;/h3-6,8-9,14H,7,10,20H2,1-2H3;1H. The number of methoxy groups -OCH3 is 2. The van der Waals surface area contributed by atoms with E-state index >= 15 is 0 Å². The lowest BCUT2D eigenvalue weighted by Crippen LogP contribution is -2.48. The summed E-state index contributed by atoms with van der Waals surface area (Å²) in [5.74, 6) is 1.06. The van der Waals surface area contributed by atoms with Crippen LogP contribution in [0.25, 0.3) is 0 Å². The Morgan fingerprint density at radius 2 is 1.84 bits per heavy atom. The third-order valence-corrected chi connectivity index (χ3v) is 4.55. The first kappa shape index (κ1) is 19.4. The van der Waals surface area contributed by atoms with Crippen molar-refractivity contribution in [1.82, 2.24) is 0 Å². The van der Waals surface area contributed by atoms with Crippen LogP contribution in [0.15, 0.2) is 36.4 Å². The van der Waals surface area contributed by atoms with Gasteiger partial charge in [0.05, 0.1) is 32.5 Å². The number of anilines is 1. The molecule has 2 N–H and O–H groups in total. The molecule has 25 heavy (non-hydrogen) atoms. The van der Waals surface area contributed by atoms with E-state index in [1.54, 1.807) is 25.2 Å². The van der Waals surface area contributed by atoms with Gasteiger partial charge < -0.3 is 20.1 Å². The first-order chi connectivity index (χ1) is 11.5. The number of rotatable bonds is 4. The molecule has 0 saturated carbocycles.